The van der Waals surface area contributed by atoms with Gasteiger partial charge in [0.25, 0.3) is 11.6 Å². The molecule has 0 bridgehead atoms. The monoisotopic (exact) mass is 395 g/mol. The second-order valence-electron chi connectivity index (χ2n) is 6.50. The van der Waals surface area contributed by atoms with Gasteiger partial charge in [0, 0.05) is 37.9 Å². The Hall–Kier alpha value is -2.87. The molecule has 0 saturated carbocycles. The highest BCUT2D eigenvalue weighted by Crippen LogP contribution is 2.28. The summed E-state index contributed by atoms with van der Waals surface area (Å²) >= 11 is 0. The van der Waals surface area contributed by atoms with E-state index in [0.717, 1.165) is 10.9 Å². The van der Waals surface area contributed by atoms with Crippen LogP contribution in [0, 0.1) is 19.3 Å². The zero-order valence-electron chi connectivity index (χ0n) is 15.3. The molecule has 0 radical (unpaired) electrons. The first-order valence-electron chi connectivity index (χ1n) is 8.77. The van der Waals surface area contributed by atoms with Crippen LogP contribution in [-0.2, 0) is 11.0 Å². The van der Waals surface area contributed by atoms with Crippen molar-refractivity contribution >= 4 is 17.5 Å². The first-order chi connectivity index (χ1) is 13.3. The van der Waals surface area contributed by atoms with Crippen LogP contribution in [0.25, 0.3) is 5.78 Å². The Balaban J connectivity index is 1.78. The SMILES string of the molecule is C#CCNC(=O)CN1CCCN(c2cc(C)nc3nc(C(F)(F)F)nn23)CC1. The van der Waals surface area contributed by atoms with Gasteiger partial charge in [0.2, 0.25) is 5.91 Å². The maximum absolute atomic E-state index is 13.0. The fourth-order valence-electron chi connectivity index (χ4n) is 3.08. The first-order valence-corrected chi connectivity index (χ1v) is 8.77. The number of amides is 1. The van der Waals surface area contributed by atoms with Crippen molar-refractivity contribution in [3.05, 3.63) is 17.6 Å². The number of aromatic nitrogens is 4. The lowest BCUT2D eigenvalue weighted by atomic mass is 10.3. The van der Waals surface area contributed by atoms with E-state index in [0.29, 0.717) is 37.7 Å². The van der Waals surface area contributed by atoms with Crippen LogP contribution in [-0.4, -0.2) is 69.7 Å². The lowest BCUT2D eigenvalue weighted by Gasteiger charge is -2.23. The van der Waals surface area contributed by atoms with Gasteiger partial charge in [-0.2, -0.15) is 22.7 Å². The lowest BCUT2D eigenvalue weighted by Crippen LogP contribution is -2.39. The average Bonchev–Trinajstić information content (AvgIpc) is 2.93. The van der Waals surface area contributed by atoms with E-state index >= 15 is 0 Å². The minimum atomic E-state index is -4.64. The van der Waals surface area contributed by atoms with E-state index in [9.17, 15) is 18.0 Å². The van der Waals surface area contributed by atoms with E-state index in [1.54, 1.807) is 13.0 Å². The van der Waals surface area contributed by atoms with Gasteiger partial charge in [-0.15, -0.1) is 11.5 Å². The van der Waals surface area contributed by atoms with E-state index in [1.807, 2.05) is 9.80 Å². The van der Waals surface area contributed by atoms with Crippen LogP contribution in [0.15, 0.2) is 6.07 Å². The van der Waals surface area contributed by atoms with Crippen LogP contribution in [0.2, 0.25) is 0 Å². The predicted molar refractivity (Wildman–Crippen MR) is 95.6 cm³/mol. The molecule has 1 N–H and O–H groups in total. The Morgan fingerprint density at radius 1 is 1.29 bits per heavy atom. The summed E-state index contributed by atoms with van der Waals surface area (Å²) in [4.78, 5) is 23.3. The number of nitrogens with one attached hydrogen (secondary N) is 1. The molecule has 28 heavy (non-hydrogen) atoms. The van der Waals surface area contributed by atoms with Crippen molar-refractivity contribution in [3.8, 4) is 12.3 Å². The summed E-state index contributed by atoms with van der Waals surface area (Å²) in [7, 11) is 0. The maximum Gasteiger partial charge on any atom is 0.453 e. The molecule has 0 atom stereocenters. The molecule has 0 aliphatic carbocycles. The molecule has 1 saturated heterocycles. The lowest BCUT2D eigenvalue weighted by molar-refractivity contribution is -0.144. The third-order valence-corrected chi connectivity index (χ3v) is 4.34. The molecule has 11 heteroatoms. The molecule has 0 unspecified atom stereocenters. The number of terminal acetylenes is 1. The molecule has 150 valence electrons. The number of hydrogen-bond donors (Lipinski definition) is 1. The van der Waals surface area contributed by atoms with E-state index < -0.39 is 12.0 Å². The summed E-state index contributed by atoms with van der Waals surface area (Å²) < 4.78 is 40.1. The van der Waals surface area contributed by atoms with E-state index in [4.69, 9.17) is 6.42 Å². The predicted octanol–water partition coefficient (Wildman–Crippen LogP) is 0.713. The van der Waals surface area contributed by atoms with Crippen LogP contribution in [0.4, 0.5) is 19.0 Å². The molecule has 3 rings (SSSR count). The van der Waals surface area contributed by atoms with Crippen molar-refractivity contribution in [2.45, 2.75) is 19.5 Å². The molecule has 0 aromatic carbocycles. The number of carbonyl (C=O) groups is 1. The van der Waals surface area contributed by atoms with Crippen LogP contribution in [0.3, 0.4) is 0 Å². The van der Waals surface area contributed by atoms with Gasteiger partial charge in [0.15, 0.2) is 0 Å². The van der Waals surface area contributed by atoms with Crippen LogP contribution >= 0.6 is 0 Å². The molecule has 1 fully saturated rings. The van der Waals surface area contributed by atoms with Crippen molar-refractivity contribution < 1.29 is 18.0 Å². The average molecular weight is 395 g/mol. The topological polar surface area (TPSA) is 78.7 Å². The summed E-state index contributed by atoms with van der Waals surface area (Å²) in [6, 6.07) is 1.69. The Labute approximate surface area is 159 Å². The highest BCUT2D eigenvalue weighted by atomic mass is 19.4. The number of nitrogens with zero attached hydrogens (tertiary/aromatic N) is 6. The fourth-order valence-corrected chi connectivity index (χ4v) is 3.08. The van der Waals surface area contributed by atoms with Crippen molar-refractivity contribution in [3.63, 3.8) is 0 Å². The summed E-state index contributed by atoms with van der Waals surface area (Å²) in [6.07, 6.45) is 1.23. The van der Waals surface area contributed by atoms with Gasteiger partial charge in [-0.05, 0) is 13.3 Å². The molecule has 8 nitrogen and oxygen atoms in total. The minimum absolute atomic E-state index is 0.0860. The number of aryl methyl sites for hydroxylation is 1. The molecule has 3 heterocycles. The molecule has 1 amide bonds. The number of halogens is 3. The van der Waals surface area contributed by atoms with E-state index in [-0.39, 0.29) is 24.8 Å². The third kappa shape index (κ3) is 4.51. The maximum atomic E-state index is 13.0. The fraction of sp³-hybridized carbons (Fsp3) is 0.529. The molecular weight excluding hydrogens is 375 g/mol. The zero-order chi connectivity index (χ0) is 20.3. The Bertz CT molecular complexity index is 903. The Morgan fingerprint density at radius 2 is 2.07 bits per heavy atom. The standard InChI is InChI=1S/C17H20F3N7O/c1-3-5-21-13(28)11-25-6-4-7-26(9-8-25)14-10-12(2)22-16-23-15(17(18,19)20)24-27(14)16/h1,10H,4-9,11H2,2H3,(H,21,28). The van der Waals surface area contributed by atoms with Gasteiger partial charge < -0.3 is 10.2 Å². The van der Waals surface area contributed by atoms with Gasteiger partial charge in [-0.25, -0.2) is 4.98 Å². The largest absolute Gasteiger partial charge is 0.453 e. The highest BCUT2D eigenvalue weighted by molar-refractivity contribution is 5.78. The zero-order valence-corrected chi connectivity index (χ0v) is 15.3. The molecule has 2 aromatic rings. The highest BCUT2D eigenvalue weighted by Gasteiger charge is 2.37. The van der Waals surface area contributed by atoms with Gasteiger partial charge in [0.1, 0.15) is 5.82 Å². The van der Waals surface area contributed by atoms with Crippen LogP contribution < -0.4 is 10.2 Å². The Morgan fingerprint density at radius 3 is 2.79 bits per heavy atom. The normalized spacial score (nSPS) is 16.0. The number of hydrogen-bond acceptors (Lipinski definition) is 6. The number of rotatable bonds is 4. The summed E-state index contributed by atoms with van der Waals surface area (Å²) in [5.41, 5.74) is 0.554. The number of carbonyl (C=O) groups excluding carboxylic acids is 1. The first kappa shape index (κ1) is 19.9. The molecule has 0 spiro atoms. The number of anilines is 1. The van der Waals surface area contributed by atoms with Crippen molar-refractivity contribution in [2.75, 3.05) is 44.2 Å². The second-order valence-corrected chi connectivity index (χ2v) is 6.50. The smallest absolute Gasteiger partial charge is 0.355 e. The van der Waals surface area contributed by atoms with E-state index in [2.05, 4.69) is 26.3 Å². The van der Waals surface area contributed by atoms with E-state index in [1.165, 1.54) is 0 Å². The quantitative estimate of drug-likeness (QED) is 0.769. The van der Waals surface area contributed by atoms with Gasteiger partial charge in [-0.1, -0.05) is 5.92 Å². The number of alkyl halides is 3. The summed E-state index contributed by atoms with van der Waals surface area (Å²) in [6.45, 7) is 4.52. The number of fused-ring (bicyclic) bond motifs is 1. The van der Waals surface area contributed by atoms with Crippen LogP contribution in [0.1, 0.15) is 17.9 Å². The van der Waals surface area contributed by atoms with Gasteiger partial charge >= 0.3 is 6.18 Å². The van der Waals surface area contributed by atoms with Gasteiger partial charge in [-0.3, -0.25) is 9.69 Å². The summed E-state index contributed by atoms with van der Waals surface area (Å²) in [5.74, 6) is 1.40. The van der Waals surface area contributed by atoms with Crippen molar-refractivity contribution in [2.24, 2.45) is 0 Å². The van der Waals surface area contributed by atoms with Crippen molar-refractivity contribution in [1.82, 2.24) is 29.8 Å². The van der Waals surface area contributed by atoms with Crippen LogP contribution in [0.5, 0.6) is 0 Å². The minimum Gasteiger partial charge on any atom is -0.355 e. The summed E-state index contributed by atoms with van der Waals surface area (Å²) in [5, 5.41) is 6.24. The second kappa shape index (κ2) is 8.02. The molecular formula is C17H20F3N7O. The molecule has 1 aliphatic rings. The third-order valence-electron chi connectivity index (χ3n) is 4.34. The Kier molecular flexibility index (Phi) is 5.69. The molecule has 1 aliphatic heterocycles. The van der Waals surface area contributed by atoms with Crippen molar-refractivity contribution in [1.29, 1.82) is 0 Å². The van der Waals surface area contributed by atoms with Gasteiger partial charge in [0.05, 0.1) is 13.1 Å². The molecule has 2 aromatic heterocycles.